The Kier molecular flexibility index (Phi) is 3.24. The molecule has 0 aliphatic carbocycles. The lowest BCUT2D eigenvalue weighted by Crippen LogP contribution is -2.06. The summed E-state index contributed by atoms with van der Waals surface area (Å²) in [7, 11) is 0. The van der Waals surface area contributed by atoms with Gasteiger partial charge in [-0.25, -0.2) is 9.97 Å². The van der Waals surface area contributed by atoms with Gasteiger partial charge < -0.3 is 5.73 Å². The van der Waals surface area contributed by atoms with Crippen LogP contribution < -0.4 is 5.73 Å². The summed E-state index contributed by atoms with van der Waals surface area (Å²) in [5.41, 5.74) is 10.0. The molecule has 0 saturated carbocycles. The fourth-order valence-corrected chi connectivity index (χ4v) is 1.89. The standard InChI is InChI=1S/C13H18N4/c1-9-6-12(4-5-14)7-15-13(9)17-8-16-10(2)11(17)3/h6-8H,4-5,14H2,1-3H3. The summed E-state index contributed by atoms with van der Waals surface area (Å²) < 4.78 is 2.02. The van der Waals surface area contributed by atoms with Crippen LogP contribution in [0, 0.1) is 20.8 Å². The normalized spacial score (nSPS) is 10.8. The molecule has 2 aromatic rings. The summed E-state index contributed by atoms with van der Waals surface area (Å²) in [4.78, 5) is 8.80. The van der Waals surface area contributed by atoms with Gasteiger partial charge in [0.25, 0.3) is 0 Å². The van der Waals surface area contributed by atoms with Crippen LogP contribution in [0.2, 0.25) is 0 Å². The van der Waals surface area contributed by atoms with Crippen molar-refractivity contribution in [2.45, 2.75) is 27.2 Å². The van der Waals surface area contributed by atoms with Crippen LogP contribution in [0.5, 0.6) is 0 Å². The van der Waals surface area contributed by atoms with Gasteiger partial charge in [0, 0.05) is 11.9 Å². The summed E-state index contributed by atoms with van der Waals surface area (Å²) >= 11 is 0. The highest BCUT2D eigenvalue weighted by atomic mass is 15.1. The maximum atomic E-state index is 5.54. The van der Waals surface area contributed by atoms with Gasteiger partial charge in [-0.3, -0.25) is 4.57 Å². The van der Waals surface area contributed by atoms with Gasteiger partial charge in [0.2, 0.25) is 0 Å². The minimum absolute atomic E-state index is 0.656. The van der Waals surface area contributed by atoms with Crippen LogP contribution in [0.1, 0.15) is 22.5 Å². The van der Waals surface area contributed by atoms with Gasteiger partial charge in [-0.05, 0) is 44.9 Å². The van der Waals surface area contributed by atoms with Gasteiger partial charge in [0.05, 0.1) is 5.69 Å². The van der Waals surface area contributed by atoms with Crippen LogP contribution in [-0.4, -0.2) is 21.1 Å². The molecule has 0 bridgehead atoms. The zero-order valence-corrected chi connectivity index (χ0v) is 10.6. The largest absolute Gasteiger partial charge is 0.330 e. The van der Waals surface area contributed by atoms with Gasteiger partial charge in [0.15, 0.2) is 0 Å². The first kappa shape index (κ1) is 11.8. The zero-order chi connectivity index (χ0) is 12.4. The predicted octanol–water partition coefficient (Wildman–Crippen LogP) is 1.69. The summed E-state index contributed by atoms with van der Waals surface area (Å²) in [5.74, 6) is 0.948. The van der Waals surface area contributed by atoms with Crippen LogP contribution in [0.25, 0.3) is 5.82 Å². The second-order valence-corrected chi connectivity index (χ2v) is 4.31. The molecule has 4 nitrogen and oxygen atoms in total. The molecule has 0 fully saturated rings. The van der Waals surface area contributed by atoms with Crippen LogP contribution in [-0.2, 0) is 6.42 Å². The van der Waals surface area contributed by atoms with E-state index in [0.29, 0.717) is 6.54 Å². The Morgan fingerprint density at radius 2 is 2.00 bits per heavy atom. The number of rotatable bonds is 3. The molecule has 2 N–H and O–H groups in total. The Morgan fingerprint density at radius 3 is 2.53 bits per heavy atom. The van der Waals surface area contributed by atoms with Crippen LogP contribution in [0.15, 0.2) is 18.6 Å². The lowest BCUT2D eigenvalue weighted by atomic mass is 10.1. The minimum Gasteiger partial charge on any atom is -0.330 e. The second kappa shape index (κ2) is 4.67. The van der Waals surface area contributed by atoms with E-state index in [1.54, 1.807) is 0 Å². The van der Waals surface area contributed by atoms with Crippen molar-refractivity contribution in [3.8, 4) is 5.82 Å². The fraction of sp³-hybridized carbons (Fsp3) is 0.385. The van der Waals surface area contributed by atoms with E-state index >= 15 is 0 Å². The lowest BCUT2D eigenvalue weighted by molar-refractivity contribution is 0.908. The van der Waals surface area contributed by atoms with Crippen LogP contribution in [0.4, 0.5) is 0 Å². The molecule has 90 valence electrons. The quantitative estimate of drug-likeness (QED) is 0.873. The van der Waals surface area contributed by atoms with Crippen LogP contribution >= 0.6 is 0 Å². The number of hydrogen-bond donors (Lipinski definition) is 1. The number of aryl methyl sites for hydroxylation is 2. The maximum Gasteiger partial charge on any atom is 0.140 e. The summed E-state index contributed by atoms with van der Waals surface area (Å²) in [6.07, 6.45) is 4.59. The van der Waals surface area contributed by atoms with Gasteiger partial charge in [-0.1, -0.05) is 6.07 Å². The van der Waals surface area contributed by atoms with Crippen molar-refractivity contribution in [3.05, 3.63) is 41.1 Å². The first-order valence-electron chi connectivity index (χ1n) is 5.80. The highest BCUT2D eigenvalue weighted by Crippen LogP contribution is 2.16. The fourth-order valence-electron chi connectivity index (χ4n) is 1.89. The highest BCUT2D eigenvalue weighted by molar-refractivity contribution is 5.37. The number of nitrogens with two attached hydrogens (primary N) is 1. The molecule has 0 saturated heterocycles. The predicted molar refractivity (Wildman–Crippen MR) is 68.3 cm³/mol. The van der Waals surface area contributed by atoms with E-state index in [1.165, 1.54) is 5.56 Å². The smallest absolute Gasteiger partial charge is 0.140 e. The summed E-state index contributed by atoms with van der Waals surface area (Å²) in [6, 6.07) is 2.14. The molecule has 0 unspecified atom stereocenters. The summed E-state index contributed by atoms with van der Waals surface area (Å²) in [5, 5.41) is 0. The van der Waals surface area contributed by atoms with E-state index in [4.69, 9.17) is 5.73 Å². The molecule has 0 aliphatic heterocycles. The Labute approximate surface area is 102 Å². The number of aromatic nitrogens is 3. The third-order valence-corrected chi connectivity index (χ3v) is 3.02. The van der Waals surface area contributed by atoms with Crippen LogP contribution in [0.3, 0.4) is 0 Å². The summed E-state index contributed by atoms with van der Waals surface area (Å²) in [6.45, 7) is 6.78. The topological polar surface area (TPSA) is 56.7 Å². The Morgan fingerprint density at radius 1 is 1.24 bits per heavy atom. The van der Waals surface area contributed by atoms with Crippen molar-refractivity contribution < 1.29 is 0 Å². The van der Waals surface area contributed by atoms with E-state index < -0.39 is 0 Å². The molecule has 0 aliphatic rings. The first-order valence-corrected chi connectivity index (χ1v) is 5.80. The third kappa shape index (κ3) is 2.22. The van der Waals surface area contributed by atoms with Gasteiger partial charge in [0.1, 0.15) is 12.1 Å². The van der Waals surface area contributed by atoms with E-state index in [-0.39, 0.29) is 0 Å². The zero-order valence-electron chi connectivity index (χ0n) is 10.6. The van der Waals surface area contributed by atoms with Gasteiger partial charge >= 0.3 is 0 Å². The molecular formula is C13H18N4. The van der Waals surface area contributed by atoms with Crippen molar-refractivity contribution >= 4 is 0 Å². The highest BCUT2D eigenvalue weighted by Gasteiger charge is 2.08. The maximum absolute atomic E-state index is 5.54. The molecule has 0 aromatic carbocycles. The monoisotopic (exact) mass is 230 g/mol. The average molecular weight is 230 g/mol. The van der Waals surface area contributed by atoms with E-state index in [0.717, 1.165) is 29.2 Å². The number of nitrogens with zero attached hydrogens (tertiary/aromatic N) is 3. The minimum atomic E-state index is 0.656. The average Bonchev–Trinajstić information content (AvgIpc) is 2.61. The Balaban J connectivity index is 2.43. The van der Waals surface area contributed by atoms with Crippen molar-refractivity contribution in [1.29, 1.82) is 0 Å². The Hall–Kier alpha value is -1.68. The molecule has 0 radical (unpaired) electrons. The molecule has 0 amide bonds. The van der Waals surface area contributed by atoms with E-state index in [1.807, 2.05) is 24.0 Å². The molecule has 0 atom stereocenters. The molecule has 2 rings (SSSR count). The van der Waals surface area contributed by atoms with E-state index in [9.17, 15) is 0 Å². The molecule has 0 spiro atoms. The second-order valence-electron chi connectivity index (χ2n) is 4.31. The number of imidazole rings is 1. The third-order valence-electron chi connectivity index (χ3n) is 3.02. The molecule has 4 heteroatoms. The Bertz CT molecular complexity index is 528. The first-order chi connectivity index (χ1) is 8.13. The number of hydrogen-bond acceptors (Lipinski definition) is 3. The SMILES string of the molecule is Cc1cc(CCN)cnc1-n1cnc(C)c1C. The molecule has 2 heterocycles. The van der Waals surface area contributed by atoms with Gasteiger partial charge in [-0.15, -0.1) is 0 Å². The van der Waals surface area contributed by atoms with E-state index in [2.05, 4.69) is 29.9 Å². The molecular weight excluding hydrogens is 212 g/mol. The van der Waals surface area contributed by atoms with Crippen molar-refractivity contribution in [2.24, 2.45) is 5.73 Å². The van der Waals surface area contributed by atoms with Crippen molar-refractivity contribution in [3.63, 3.8) is 0 Å². The molecule has 17 heavy (non-hydrogen) atoms. The molecule has 2 aromatic heterocycles. The van der Waals surface area contributed by atoms with Gasteiger partial charge in [-0.2, -0.15) is 0 Å². The van der Waals surface area contributed by atoms with Crippen molar-refractivity contribution in [1.82, 2.24) is 14.5 Å². The van der Waals surface area contributed by atoms with Crippen molar-refractivity contribution in [2.75, 3.05) is 6.54 Å². The number of pyridine rings is 1. The lowest BCUT2D eigenvalue weighted by Gasteiger charge is -2.09.